The summed E-state index contributed by atoms with van der Waals surface area (Å²) in [5.41, 5.74) is 0.352. The summed E-state index contributed by atoms with van der Waals surface area (Å²) in [6.45, 7) is 4.13. The van der Waals surface area contributed by atoms with Crippen molar-refractivity contribution in [2.24, 2.45) is 0 Å². The van der Waals surface area contributed by atoms with Gasteiger partial charge in [-0.1, -0.05) is 11.6 Å². The van der Waals surface area contributed by atoms with Crippen molar-refractivity contribution in [3.05, 3.63) is 23.1 Å². The molecule has 3 heterocycles. The molecule has 0 bridgehead atoms. The maximum atomic E-state index is 12.4. The predicted octanol–water partition coefficient (Wildman–Crippen LogP) is 1.09. The third kappa shape index (κ3) is 2.78. The van der Waals surface area contributed by atoms with Crippen molar-refractivity contribution < 1.29 is 12.9 Å². The van der Waals surface area contributed by atoms with Crippen LogP contribution in [0.2, 0.25) is 0 Å². The van der Waals surface area contributed by atoms with E-state index in [0.29, 0.717) is 11.5 Å². The molecule has 8 nitrogen and oxygen atoms in total. The van der Waals surface area contributed by atoms with E-state index < -0.39 is 10.0 Å². The maximum absolute atomic E-state index is 12.4. The smallest absolute Gasteiger partial charge is 0.246 e. The summed E-state index contributed by atoms with van der Waals surface area (Å²) in [7, 11) is -3.68. The number of sulfonamides is 1. The summed E-state index contributed by atoms with van der Waals surface area (Å²) in [4.78, 5) is 0.100. The van der Waals surface area contributed by atoms with Crippen LogP contribution in [-0.4, -0.2) is 28.3 Å². The summed E-state index contributed by atoms with van der Waals surface area (Å²) >= 11 is 0. The molecule has 0 aliphatic carbocycles. The van der Waals surface area contributed by atoms with Crippen LogP contribution in [0.5, 0.6) is 0 Å². The molecule has 0 amide bonds. The van der Waals surface area contributed by atoms with Gasteiger partial charge in [0.15, 0.2) is 5.76 Å². The number of nitrogens with one attached hydrogen (secondary N) is 1. The van der Waals surface area contributed by atoms with E-state index >= 15 is 0 Å². The van der Waals surface area contributed by atoms with Gasteiger partial charge in [-0.3, -0.25) is 0 Å². The van der Waals surface area contributed by atoms with Gasteiger partial charge in [-0.05, 0) is 26.7 Å². The molecule has 0 aromatic carbocycles. The highest BCUT2D eigenvalue weighted by atomic mass is 32.2. The second-order valence-electron chi connectivity index (χ2n) is 5.47. The van der Waals surface area contributed by atoms with Gasteiger partial charge in [0.25, 0.3) is 0 Å². The molecule has 2 aromatic heterocycles. The average molecular weight is 325 g/mol. The number of aromatic nitrogens is 4. The number of nitrogens with zero attached hydrogens (tertiary/aromatic N) is 4. The number of fused-ring (bicyclic) bond motifs is 1. The van der Waals surface area contributed by atoms with Gasteiger partial charge >= 0.3 is 0 Å². The summed E-state index contributed by atoms with van der Waals surface area (Å²) in [5.74, 6) is 1.86. The van der Waals surface area contributed by atoms with E-state index in [1.54, 1.807) is 13.8 Å². The molecular weight excluding hydrogens is 306 g/mol. The van der Waals surface area contributed by atoms with Gasteiger partial charge in [-0.25, -0.2) is 13.1 Å². The third-order valence-electron chi connectivity index (χ3n) is 3.84. The lowest BCUT2D eigenvalue weighted by atomic mass is 10.2. The summed E-state index contributed by atoms with van der Waals surface area (Å²) in [5, 5.41) is 12.0. The lowest BCUT2D eigenvalue weighted by molar-refractivity contribution is 0.390. The van der Waals surface area contributed by atoms with E-state index in [9.17, 15) is 8.42 Å². The molecule has 2 aromatic rings. The molecule has 1 aliphatic heterocycles. The predicted molar refractivity (Wildman–Crippen MR) is 77.6 cm³/mol. The van der Waals surface area contributed by atoms with E-state index in [1.807, 2.05) is 4.57 Å². The summed E-state index contributed by atoms with van der Waals surface area (Å²) in [6, 6.07) is 0. The molecule has 0 fully saturated rings. The van der Waals surface area contributed by atoms with Crippen LogP contribution in [0.15, 0.2) is 9.42 Å². The Hall–Kier alpha value is -1.74. The molecule has 1 N–H and O–H groups in total. The molecule has 0 saturated heterocycles. The van der Waals surface area contributed by atoms with Crippen molar-refractivity contribution >= 4 is 10.0 Å². The van der Waals surface area contributed by atoms with Crippen LogP contribution < -0.4 is 4.72 Å². The second-order valence-corrected chi connectivity index (χ2v) is 7.18. The van der Waals surface area contributed by atoms with Crippen molar-refractivity contribution in [3.63, 3.8) is 0 Å². The van der Waals surface area contributed by atoms with Gasteiger partial charge in [-0.15, -0.1) is 10.2 Å². The van der Waals surface area contributed by atoms with Crippen LogP contribution in [0.1, 0.15) is 42.4 Å². The number of hydrogen-bond donors (Lipinski definition) is 1. The third-order valence-corrected chi connectivity index (χ3v) is 5.49. The Labute approximate surface area is 129 Å². The minimum absolute atomic E-state index is 0.100. The van der Waals surface area contributed by atoms with Crippen LogP contribution in [0.3, 0.4) is 0 Å². The van der Waals surface area contributed by atoms with Gasteiger partial charge in [0.05, 0.1) is 6.54 Å². The van der Waals surface area contributed by atoms with Gasteiger partial charge < -0.3 is 9.09 Å². The fraction of sp³-hybridized carbons (Fsp3) is 0.615. The van der Waals surface area contributed by atoms with Crippen LogP contribution in [-0.2, 0) is 29.5 Å². The Kier molecular flexibility index (Phi) is 4.00. The number of rotatable bonds is 4. The van der Waals surface area contributed by atoms with Crippen LogP contribution >= 0.6 is 0 Å². The minimum Gasteiger partial charge on any atom is -0.360 e. The highest BCUT2D eigenvalue weighted by molar-refractivity contribution is 7.89. The topological polar surface area (TPSA) is 103 Å². The lowest BCUT2D eigenvalue weighted by Gasteiger charge is -2.08. The zero-order valence-electron chi connectivity index (χ0n) is 12.7. The SMILES string of the molecule is Cc1noc(C)c1S(=O)(=O)NCc1nnc2n1CCCCC2. The van der Waals surface area contributed by atoms with E-state index in [1.165, 1.54) is 0 Å². The molecule has 1 aliphatic rings. The monoisotopic (exact) mass is 325 g/mol. The lowest BCUT2D eigenvalue weighted by Crippen LogP contribution is -2.26. The fourth-order valence-electron chi connectivity index (χ4n) is 2.77. The average Bonchev–Trinajstić information content (AvgIpc) is 2.92. The molecule has 0 saturated carbocycles. The van der Waals surface area contributed by atoms with Crippen LogP contribution in [0, 0.1) is 13.8 Å². The highest BCUT2D eigenvalue weighted by Gasteiger charge is 2.25. The zero-order chi connectivity index (χ0) is 15.7. The fourth-order valence-corrected chi connectivity index (χ4v) is 4.07. The number of hydrogen-bond acceptors (Lipinski definition) is 6. The summed E-state index contributed by atoms with van der Waals surface area (Å²) in [6.07, 6.45) is 4.22. The molecule has 120 valence electrons. The standard InChI is InChI=1S/C13H19N5O3S/c1-9-13(10(2)21-17-9)22(19,20)14-8-12-16-15-11-6-4-3-5-7-18(11)12/h14H,3-8H2,1-2H3. The normalized spacial score (nSPS) is 15.5. The molecule has 0 radical (unpaired) electrons. The Morgan fingerprint density at radius 2 is 2.05 bits per heavy atom. The molecule has 0 unspecified atom stereocenters. The van der Waals surface area contributed by atoms with E-state index in [4.69, 9.17) is 4.52 Å². The van der Waals surface area contributed by atoms with Crippen molar-refractivity contribution in [1.82, 2.24) is 24.6 Å². The first-order chi connectivity index (χ1) is 10.5. The Morgan fingerprint density at radius 3 is 2.77 bits per heavy atom. The molecular formula is C13H19N5O3S. The van der Waals surface area contributed by atoms with E-state index in [-0.39, 0.29) is 17.2 Å². The molecule has 3 rings (SSSR count). The summed E-state index contributed by atoms with van der Waals surface area (Å²) < 4.78 is 34.3. The largest absolute Gasteiger partial charge is 0.360 e. The highest BCUT2D eigenvalue weighted by Crippen LogP contribution is 2.19. The van der Waals surface area contributed by atoms with Crippen molar-refractivity contribution in [3.8, 4) is 0 Å². The van der Waals surface area contributed by atoms with E-state index in [0.717, 1.165) is 38.1 Å². The van der Waals surface area contributed by atoms with Gasteiger partial charge in [0.1, 0.15) is 22.2 Å². The van der Waals surface area contributed by atoms with Gasteiger partial charge in [0, 0.05) is 13.0 Å². The first-order valence-corrected chi connectivity index (χ1v) is 8.81. The van der Waals surface area contributed by atoms with Crippen LogP contribution in [0.25, 0.3) is 0 Å². The second kappa shape index (κ2) is 5.81. The van der Waals surface area contributed by atoms with Crippen molar-refractivity contribution in [1.29, 1.82) is 0 Å². The molecule has 22 heavy (non-hydrogen) atoms. The maximum Gasteiger partial charge on any atom is 0.246 e. The Bertz CT molecular complexity index is 758. The minimum atomic E-state index is -3.68. The van der Waals surface area contributed by atoms with Gasteiger partial charge in [0.2, 0.25) is 10.0 Å². The quantitative estimate of drug-likeness (QED) is 0.902. The van der Waals surface area contributed by atoms with E-state index in [2.05, 4.69) is 20.1 Å². The molecule has 9 heteroatoms. The number of aryl methyl sites for hydroxylation is 3. The Balaban J connectivity index is 1.79. The van der Waals surface area contributed by atoms with Gasteiger partial charge in [-0.2, -0.15) is 0 Å². The first-order valence-electron chi connectivity index (χ1n) is 7.32. The molecule has 0 spiro atoms. The molecule has 0 atom stereocenters. The van der Waals surface area contributed by atoms with Crippen molar-refractivity contribution in [2.75, 3.05) is 0 Å². The van der Waals surface area contributed by atoms with Crippen LogP contribution in [0.4, 0.5) is 0 Å². The first kappa shape index (κ1) is 15.2. The zero-order valence-corrected chi connectivity index (χ0v) is 13.5. The van der Waals surface area contributed by atoms with Crippen molar-refractivity contribution in [2.45, 2.75) is 57.5 Å². The Morgan fingerprint density at radius 1 is 1.23 bits per heavy atom.